The minimum atomic E-state index is -0.969. The molecule has 1 fully saturated rings. The molecule has 0 spiro atoms. The molecular formula is C14H20BrClN2O. The standard InChI is InChI=1S/C14H19BrN2O.ClH/c1-14(16,10-6-8-11(15)9-7-10)13(18)17-12-4-2-3-5-12;/h6-9,12H,2-5,16H2,1H3,(H,17,18);1H. The SMILES string of the molecule is CC(N)(C(=O)NC1CCCC1)c1ccc(Br)cc1.Cl. The van der Waals surface area contributed by atoms with Crippen LogP contribution < -0.4 is 11.1 Å². The molecule has 1 atom stereocenters. The number of nitrogens with two attached hydrogens (primary N) is 1. The summed E-state index contributed by atoms with van der Waals surface area (Å²) in [6.45, 7) is 1.76. The van der Waals surface area contributed by atoms with Gasteiger partial charge in [-0.05, 0) is 37.5 Å². The second-order valence-electron chi connectivity index (χ2n) is 5.16. The molecule has 1 amide bonds. The fourth-order valence-electron chi connectivity index (χ4n) is 2.33. The van der Waals surface area contributed by atoms with E-state index >= 15 is 0 Å². The van der Waals surface area contributed by atoms with Gasteiger partial charge in [-0.15, -0.1) is 12.4 Å². The van der Waals surface area contributed by atoms with Crippen LogP contribution in [0.5, 0.6) is 0 Å². The molecule has 0 radical (unpaired) electrons. The number of nitrogens with one attached hydrogen (secondary N) is 1. The number of hydrogen-bond acceptors (Lipinski definition) is 2. The number of amides is 1. The summed E-state index contributed by atoms with van der Waals surface area (Å²) in [5, 5.41) is 3.06. The highest BCUT2D eigenvalue weighted by Gasteiger charge is 2.32. The summed E-state index contributed by atoms with van der Waals surface area (Å²) >= 11 is 3.38. The summed E-state index contributed by atoms with van der Waals surface area (Å²) in [6.07, 6.45) is 4.54. The predicted octanol–water partition coefficient (Wildman–Crippen LogP) is 3.10. The average Bonchev–Trinajstić information content (AvgIpc) is 2.82. The van der Waals surface area contributed by atoms with Gasteiger partial charge >= 0.3 is 0 Å². The molecule has 0 aromatic heterocycles. The van der Waals surface area contributed by atoms with Crippen molar-refractivity contribution in [2.75, 3.05) is 0 Å². The van der Waals surface area contributed by atoms with Crippen molar-refractivity contribution in [1.29, 1.82) is 0 Å². The van der Waals surface area contributed by atoms with Crippen molar-refractivity contribution in [2.45, 2.75) is 44.2 Å². The molecule has 1 aromatic rings. The minimum Gasteiger partial charge on any atom is -0.351 e. The first kappa shape index (κ1) is 16.5. The maximum atomic E-state index is 12.3. The number of rotatable bonds is 3. The van der Waals surface area contributed by atoms with Crippen LogP contribution in [-0.2, 0) is 10.3 Å². The molecule has 2 rings (SSSR count). The van der Waals surface area contributed by atoms with Crippen molar-refractivity contribution in [3.63, 3.8) is 0 Å². The Morgan fingerprint density at radius 2 is 1.84 bits per heavy atom. The summed E-state index contributed by atoms with van der Waals surface area (Å²) in [7, 11) is 0. The molecule has 1 aromatic carbocycles. The van der Waals surface area contributed by atoms with Crippen molar-refractivity contribution in [3.05, 3.63) is 34.3 Å². The fraction of sp³-hybridized carbons (Fsp3) is 0.500. The van der Waals surface area contributed by atoms with Crippen LogP contribution in [0.2, 0.25) is 0 Å². The van der Waals surface area contributed by atoms with E-state index in [9.17, 15) is 4.79 Å². The van der Waals surface area contributed by atoms with Crippen molar-refractivity contribution in [1.82, 2.24) is 5.32 Å². The lowest BCUT2D eigenvalue weighted by Gasteiger charge is -2.26. The van der Waals surface area contributed by atoms with Gasteiger partial charge in [0, 0.05) is 10.5 Å². The molecule has 0 heterocycles. The normalized spacial score (nSPS) is 18.5. The van der Waals surface area contributed by atoms with E-state index in [4.69, 9.17) is 5.73 Å². The second-order valence-corrected chi connectivity index (χ2v) is 6.08. The van der Waals surface area contributed by atoms with E-state index in [1.807, 2.05) is 24.3 Å². The highest BCUT2D eigenvalue weighted by molar-refractivity contribution is 9.10. The smallest absolute Gasteiger partial charge is 0.244 e. The van der Waals surface area contributed by atoms with E-state index in [0.717, 1.165) is 22.9 Å². The van der Waals surface area contributed by atoms with Crippen LogP contribution >= 0.6 is 28.3 Å². The molecule has 106 valence electrons. The summed E-state index contributed by atoms with van der Waals surface area (Å²) in [4.78, 5) is 12.3. The van der Waals surface area contributed by atoms with Gasteiger partial charge in [0.2, 0.25) is 5.91 Å². The van der Waals surface area contributed by atoms with E-state index in [-0.39, 0.29) is 18.3 Å². The summed E-state index contributed by atoms with van der Waals surface area (Å²) < 4.78 is 0.984. The first-order chi connectivity index (χ1) is 8.50. The van der Waals surface area contributed by atoms with Crippen LogP contribution in [0.3, 0.4) is 0 Å². The Labute approximate surface area is 128 Å². The molecule has 5 heteroatoms. The summed E-state index contributed by atoms with van der Waals surface area (Å²) in [5.41, 5.74) is 6.05. The Morgan fingerprint density at radius 1 is 1.32 bits per heavy atom. The predicted molar refractivity (Wildman–Crippen MR) is 83.3 cm³/mol. The average molecular weight is 348 g/mol. The van der Waals surface area contributed by atoms with E-state index in [0.29, 0.717) is 6.04 Å². The molecule has 0 aliphatic heterocycles. The zero-order valence-corrected chi connectivity index (χ0v) is 13.4. The van der Waals surface area contributed by atoms with Gasteiger partial charge in [-0.3, -0.25) is 4.79 Å². The number of carbonyl (C=O) groups is 1. The van der Waals surface area contributed by atoms with Gasteiger partial charge in [0.25, 0.3) is 0 Å². The zero-order chi connectivity index (χ0) is 13.2. The molecule has 1 aliphatic carbocycles. The van der Waals surface area contributed by atoms with Crippen molar-refractivity contribution in [3.8, 4) is 0 Å². The van der Waals surface area contributed by atoms with Crippen LogP contribution in [0.15, 0.2) is 28.7 Å². The minimum absolute atomic E-state index is 0. The summed E-state index contributed by atoms with van der Waals surface area (Å²) in [5.74, 6) is -0.0864. The van der Waals surface area contributed by atoms with Gasteiger partial charge in [0.15, 0.2) is 0 Å². The fourth-order valence-corrected chi connectivity index (χ4v) is 2.60. The van der Waals surface area contributed by atoms with Crippen LogP contribution in [0, 0.1) is 0 Å². The van der Waals surface area contributed by atoms with E-state index in [2.05, 4.69) is 21.2 Å². The zero-order valence-electron chi connectivity index (χ0n) is 11.0. The molecule has 3 nitrogen and oxygen atoms in total. The molecule has 1 saturated carbocycles. The third-order valence-corrected chi connectivity index (χ3v) is 4.13. The number of benzene rings is 1. The van der Waals surface area contributed by atoms with E-state index < -0.39 is 5.54 Å². The molecular weight excluding hydrogens is 328 g/mol. The molecule has 1 aliphatic rings. The highest BCUT2D eigenvalue weighted by Crippen LogP contribution is 2.23. The number of hydrogen-bond donors (Lipinski definition) is 2. The molecule has 0 saturated heterocycles. The van der Waals surface area contributed by atoms with Crippen LogP contribution in [0.4, 0.5) is 0 Å². The maximum absolute atomic E-state index is 12.3. The first-order valence-electron chi connectivity index (χ1n) is 6.36. The first-order valence-corrected chi connectivity index (χ1v) is 7.15. The van der Waals surface area contributed by atoms with E-state index in [1.54, 1.807) is 6.92 Å². The monoisotopic (exact) mass is 346 g/mol. The third-order valence-electron chi connectivity index (χ3n) is 3.61. The lowest BCUT2D eigenvalue weighted by atomic mass is 9.92. The maximum Gasteiger partial charge on any atom is 0.244 e. The lowest BCUT2D eigenvalue weighted by molar-refractivity contribution is -0.126. The number of carbonyl (C=O) groups excluding carboxylic acids is 1. The molecule has 19 heavy (non-hydrogen) atoms. The van der Waals surface area contributed by atoms with Gasteiger partial charge in [0.1, 0.15) is 5.54 Å². The van der Waals surface area contributed by atoms with Gasteiger partial charge in [-0.1, -0.05) is 40.9 Å². The Morgan fingerprint density at radius 3 is 2.37 bits per heavy atom. The Bertz CT molecular complexity index is 428. The second kappa shape index (κ2) is 6.73. The Hall–Kier alpha value is -0.580. The van der Waals surface area contributed by atoms with Gasteiger partial charge < -0.3 is 11.1 Å². The van der Waals surface area contributed by atoms with Gasteiger partial charge in [-0.25, -0.2) is 0 Å². The molecule has 1 unspecified atom stereocenters. The number of halogens is 2. The topological polar surface area (TPSA) is 55.1 Å². The van der Waals surface area contributed by atoms with Gasteiger partial charge in [0.05, 0.1) is 0 Å². The third kappa shape index (κ3) is 3.94. The largest absolute Gasteiger partial charge is 0.351 e. The van der Waals surface area contributed by atoms with Crippen molar-refractivity contribution >= 4 is 34.2 Å². The van der Waals surface area contributed by atoms with E-state index in [1.165, 1.54) is 12.8 Å². The molecule has 0 bridgehead atoms. The quantitative estimate of drug-likeness (QED) is 0.882. The van der Waals surface area contributed by atoms with Gasteiger partial charge in [-0.2, -0.15) is 0 Å². The van der Waals surface area contributed by atoms with Crippen LogP contribution in [0.1, 0.15) is 38.2 Å². The van der Waals surface area contributed by atoms with Crippen LogP contribution in [-0.4, -0.2) is 11.9 Å². The lowest BCUT2D eigenvalue weighted by Crippen LogP contribution is -2.51. The highest BCUT2D eigenvalue weighted by atomic mass is 79.9. The Balaban J connectivity index is 0.00000180. The van der Waals surface area contributed by atoms with Crippen molar-refractivity contribution < 1.29 is 4.79 Å². The summed E-state index contributed by atoms with van der Waals surface area (Å²) in [6, 6.07) is 7.89. The van der Waals surface area contributed by atoms with Crippen LogP contribution in [0.25, 0.3) is 0 Å². The Kier molecular flexibility index (Phi) is 5.83. The molecule has 3 N–H and O–H groups in total. The van der Waals surface area contributed by atoms with Crippen molar-refractivity contribution in [2.24, 2.45) is 5.73 Å².